The standard InChI is InChI=1S/C24H18B3N3O3/c1-4-22-16(7-10-28-22)13-19(1)25-31-26(20-2-5-23-17(14-20)8-11-29-23)33-27(32-25)21-3-6-24-18(15-21)9-12-30-24/h1-15,28-30H. The van der Waals surface area contributed by atoms with Gasteiger partial charge in [-0.15, -0.1) is 0 Å². The maximum atomic E-state index is 6.36. The van der Waals surface area contributed by atoms with Crippen LogP contribution in [0.1, 0.15) is 0 Å². The molecule has 9 heteroatoms. The summed E-state index contributed by atoms with van der Waals surface area (Å²) < 4.78 is 19.1. The Morgan fingerprint density at radius 2 is 0.758 bits per heavy atom. The highest BCUT2D eigenvalue weighted by molar-refractivity contribution is 6.87. The number of fused-ring (bicyclic) bond motifs is 3. The van der Waals surface area contributed by atoms with E-state index in [4.69, 9.17) is 13.7 Å². The second-order valence-electron chi connectivity index (χ2n) is 8.38. The Balaban J connectivity index is 1.29. The molecule has 6 nitrogen and oxygen atoms in total. The summed E-state index contributed by atoms with van der Waals surface area (Å²) in [6, 6.07) is 24.7. The van der Waals surface area contributed by atoms with Crippen LogP contribution in [-0.4, -0.2) is 36.3 Å². The average molecular weight is 429 g/mol. The minimum Gasteiger partial charge on any atom is -0.445 e. The minimum absolute atomic E-state index is 0.572. The van der Waals surface area contributed by atoms with Crippen molar-refractivity contribution in [1.82, 2.24) is 15.0 Å². The van der Waals surface area contributed by atoms with Crippen molar-refractivity contribution in [1.29, 1.82) is 0 Å². The lowest BCUT2D eigenvalue weighted by Gasteiger charge is -2.31. The van der Waals surface area contributed by atoms with Crippen molar-refractivity contribution in [2.24, 2.45) is 0 Å². The van der Waals surface area contributed by atoms with E-state index >= 15 is 0 Å². The van der Waals surface area contributed by atoms with Gasteiger partial charge < -0.3 is 28.7 Å². The van der Waals surface area contributed by atoms with Crippen molar-refractivity contribution in [3.63, 3.8) is 0 Å². The SMILES string of the molecule is c1cc2cc(B3OB(c4ccc5[nH]ccc5c4)OB(c4ccc5[nH]ccc5c4)O3)ccc2[nH]1. The number of aromatic nitrogens is 3. The van der Waals surface area contributed by atoms with Gasteiger partial charge in [-0.2, -0.15) is 0 Å². The molecule has 0 atom stereocenters. The summed E-state index contributed by atoms with van der Waals surface area (Å²) in [6.07, 6.45) is 5.80. The van der Waals surface area contributed by atoms with E-state index < -0.39 is 21.4 Å². The number of rotatable bonds is 3. The van der Waals surface area contributed by atoms with Gasteiger partial charge in [0.25, 0.3) is 0 Å². The molecule has 0 amide bonds. The predicted octanol–water partition coefficient (Wildman–Crippen LogP) is 2.68. The maximum absolute atomic E-state index is 6.36. The van der Waals surface area contributed by atoms with Crippen LogP contribution in [0.25, 0.3) is 32.7 Å². The highest BCUT2D eigenvalue weighted by atomic mass is 16.7. The third kappa shape index (κ3) is 3.29. The normalized spacial score (nSPS) is 14.7. The molecule has 33 heavy (non-hydrogen) atoms. The van der Waals surface area contributed by atoms with Crippen LogP contribution in [0, 0.1) is 0 Å². The van der Waals surface area contributed by atoms with Crippen molar-refractivity contribution < 1.29 is 13.7 Å². The summed E-state index contributed by atoms with van der Waals surface area (Å²) in [5.41, 5.74) is 6.08. The summed E-state index contributed by atoms with van der Waals surface area (Å²) in [7, 11) is -1.72. The molecular formula is C24H18B3N3O3. The molecule has 1 saturated heterocycles. The van der Waals surface area contributed by atoms with Crippen molar-refractivity contribution >= 4 is 70.5 Å². The molecule has 0 aliphatic carbocycles. The van der Waals surface area contributed by atoms with E-state index in [9.17, 15) is 0 Å². The fourth-order valence-corrected chi connectivity index (χ4v) is 4.56. The number of benzene rings is 3. The van der Waals surface area contributed by atoms with Gasteiger partial charge in [0.2, 0.25) is 0 Å². The van der Waals surface area contributed by atoms with Gasteiger partial charge in [0.1, 0.15) is 0 Å². The van der Waals surface area contributed by atoms with Crippen LogP contribution < -0.4 is 16.4 Å². The summed E-state index contributed by atoms with van der Waals surface area (Å²) in [4.78, 5) is 9.71. The maximum Gasteiger partial charge on any atom is 0.467 e. The van der Waals surface area contributed by atoms with Crippen molar-refractivity contribution in [2.75, 3.05) is 0 Å². The van der Waals surface area contributed by atoms with Gasteiger partial charge in [-0.25, -0.2) is 0 Å². The molecule has 0 radical (unpaired) electrons. The molecule has 3 aromatic carbocycles. The fourth-order valence-electron chi connectivity index (χ4n) is 4.56. The molecule has 6 aromatic rings. The Morgan fingerprint density at radius 3 is 1.09 bits per heavy atom. The first kappa shape index (κ1) is 18.9. The fraction of sp³-hybridized carbons (Fsp3) is 0. The third-order valence-electron chi connectivity index (χ3n) is 6.29. The van der Waals surface area contributed by atoms with E-state index in [1.807, 2.05) is 55.0 Å². The third-order valence-corrected chi connectivity index (χ3v) is 6.29. The lowest BCUT2D eigenvalue weighted by Crippen LogP contribution is -2.61. The van der Waals surface area contributed by atoms with Crippen LogP contribution in [0.2, 0.25) is 0 Å². The number of nitrogens with one attached hydrogen (secondary N) is 3. The molecule has 156 valence electrons. The van der Waals surface area contributed by atoms with E-state index in [-0.39, 0.29) is 0 Å². The average Bonchev–Trinajstić information content (AvgIpc) is 3.62. The number of hydrogen-bond donors (Lipinski definition) is 3. The molecule has 4 heterocycles. The largest absolute Gasteiger partial charge is 0.467 e. The van der Waals surface area contributed by atoms with E-state index in [1.54, 1.807) is 0 Å². The van der Waals surface area contributed by atoms with Gasteiger partial charge in [0, 0.05) is 35.1 Å². The molecule has 1 aliphatic rings. The summed E-state index contributed by atoms with van der Waals surface area (Å²) in [5.74, 6) is 0. The Bertz CT molecular complexity index is 1410. The van der Waals surface area contributed by atoms with E-state index in [1.165, 1.54) is 0 Å². The topological polar surface area (TPSA) is 75.1 Å². The van der Waals surface area contributed by atoms with Crippen LogP contribution in [0.15, 0.2) is 91.4 Å². The first-order valence-corrected chi connectivity index (χ1v) is 11.0. The lowest BCUT2D eigenvalue weighted by atomic mass is 9.61. The minimum atomic E-state index is -0.572. The van der Waals surface area contributed by atoms with E-state index in [0.29, 0.717) is 0 Å². The zero-order valence-electron chi connectivity index (χ0n) is 17.6. The van der Waals surface area contributed by atoms with Gasteiger partial charge >= 0.3 is 21.4 Å². The molecule has 1 fully saturated rings. The molecular weight excluding hydrogens is 411 g/mol. The number of H-pyrrole nitrogens is 3. The summed E-state index contributed by atoms with van der Waals surface area (Å²) in [5, 5.41) is 3.34. The smallest absolute Gasteiger partial charge is 0.445 e. The highest BCUT2D eigenvalue weighted by Crippen LogP contribution is 2.17. The van der Waals surface area contributed by atoms with E-state index in [2.05, 4.69) is 51.4 Å². The van der Waals surface area contributed by atoms with Crippen LogP contribution >= 0.6 is 0 Å². The van der Waals surface area contributed by atoms with Gasteiger partial charge in [-0.3, -0.25) is 0 Å². The van der Waals surface area contributed by atoms with Crippen molar-refractivity contribution in [3.05, 3.63) is 91.4 Å². The van der Waals surface area contributed by atoms with Crippen LogP contribution in [0.4, 0.5) is 0 Å². The molecule has 1 aliphatic heterocycles. The monoisotopic (exact) mass is 429 g/mol. The van der Waals surface area contributed by atoms with Gasteiger partial charge in [0.05, 0.1) is 0 Å². The van der Waals surface area contributed by atoms with Gasteiger partial charge in [-0.1, -0.05) is 36.4 Å². The molecule has 3 N–H and O–H groups in total. The van der Waals surface area contributed by atoms with Crippen LogP contribution in [0.3, 0.4) is 0 Å². The second kappa shape index (κ2) is 7.45. The Morgan fingerprint density at radius 1 is 0.424 bits per heavy atom. The quantitative estimate of drug-likeness (QED) is 0.379. The van der Waals surface area contributed by atoms with E-state index in [0.717, 1.165) is 49.1 Å². The molecule has 0 unspecified atom stereocenters. The first-order chi connectivity index (χ1) is 16.3. The van der Waals surface area contributed by atoms with Crippen molar-refractivity contribution in [2.45, 2.75) is 0 Å². The Labute approximate surface area is 190 Å². The Kier molecular flexibility index (Phi) is 4.26. The Hall–Kier alpha value is -3.65. The van der Waals surface area contributed by atoms with Crippen molar-refractivity contribution in [3.8, 4) is 0 Å². The van der Waals surface area contributed by atoms with Gasteiger partial charge in [-0.05, 0) is 68.9 Å². The van der Waals surface area contributed by atoms with Crippen LogP contribution in [0.5, 0.6) is 0 Å². The molecule has 7 rings (SSSR count). The summed E-state index contributed by atoms with van der Waals surface area (Å²) >= 11 is 0. The first-order valence-electron chi connectivity index (χ1n) is 11.0. The van der Waals surface area contributed by atoms with Gasteiger partial charge in [0.15, 0.2) is 0 Å². The second-order valence-corrected chi connectivity index (χ2v) is 8.38. The van der Waals surface area contributed by atoms with Crippen LogP contribution in [-0.2, 0) is 13.7 Å². The molecule has 0 spiro atoms. The zero-order valence-corrected chi connectivity index (χ0v) is 17.6. The number of hydrogen-bond acceptors (Lipinski definition) is 3. The zero-order chi connectivity index (χ0) is 21.8. The molecule has 0 saturated carbocycles. The predicted molar refractivity (Wildman–Crippen MR) is 134 cm³/mol. The highest BCUT2D eigenvalue weighted by Gasteiger charge is 2.43. The molecule has 3 aromatic heterocycles. The lowest BCUT2D eigenvalue weighted by molar-refractivity contribution is 0.308. The molecule has 0 bridgehead atoms. The number of aromatic amines is 3. The summed E-state index contributed by atoms with van der Waals surface area (Å²) in [6.45, 7) is 0.